The number of rotatable bonds is 1. The van der Waals surface area contributed by atoms with Crippen LogP contribution in [0.4, 0.5) is 0 Å². The van der Waals surface area contributed by atoms with Crippen LogP contribution in [-0.4, -0.2) is 35.0 Å². The number of thioether (sulfide) groups is 1. The first-order chi connectivity index (χ1) is 5.34. The van der Waals surface area contributed by atoms with E-state index in [9.17, 15) is 4.79 Å². The minimum Gasteiger partial charge on any atom is -0.306 e. The number of carbonyl (C=O) groups is 1. The molecule has 1 fully saturated rings. The molecule has 60 valence electrons. The van der Waals surface area contributed by atoms with Crippen LogP contribution < -0.4 is 5.32 Å². The van der Waals surface area contributed by atoms with E-state index in [0.29, 0.717) is 5.37 Å². The summed E-state index contributed by atoms with van der Waals surface area (Å²) in [6.45, 7) is 0. The van der Waals surface area contributed by atoms with Gasteiger partial charge in [0.25, 0.3) is 0 Å². The lowest BCUT2D eigenvalue weighted by Crippen LogP contribution is -2.66. The first-order valence-corrected chi connectivity index (χ1v) is 4.67. The van der Waals surface area contributed by atoms with Gasteiger partial charge >= 0.3 is 0 Å². The van der Waals surface area contributed by atoms with E-state index in [2.05, 4.69) is 5.32 Å². The van der Waals surface area contributed by atoms with Crippen molar-refractivity contribution in [2.45, 2.75) is 11.4 Å². The van der Waals surface area contributed by atoms with Crippen molar-refractivity contribution in [1.82, 2.24) is 10.2 Å². The fourth-order valence-electron chi connectivity index (χ4n) is 1.40. The van der Waals surface area contributed by atoms with Crippen LogP contribution in [0.5, 0.6) is 0 Å². The highest BCUT2D eigenvalue weighted by molar-refractivity contribution is 8.00. The highest BCUT2D eigenvalue weighted by Crippen LogP contribution is 2.32. The van der Waals surface area contributed by atoms with E-state index in [1.807, 2.05) is 19.3 Å². The first kappa shape index (κ1) is 7.18. The number of hydrogen-bond donors (Lipinski definition) is 1. The van der Waals surface area contributed by atoms with Crippen molar-refractivity contribution in [1.29, 1.82) is 0 Å². The smallest absolute Gasteiger partial charge is 0.247 e. The van der Waals surface area contributed by atoms with Gasteiger partial charge in [0.1, 0.15) is 11.4 Å². The predicted molar refractivity (Wildman–Crippen MR) is 45.1 cm³/mol. The third kappa shape index (κ3) is 0.895. The molecular weight excluding hydrogens is 160 g/mol. The largest absolute Gasteiger partial charge is 0.306 e. The maximum Gasteiger partial charge on any atom is 0.247 e. The predicted octanol–water partition coefficient (Wildman–Crippen LogP) is 0.00320. The molecule has 1 N–H and O–H groups in total. The third-order valence-corrected chi connectivity index (χ3v) is 3.25. The van der Waals surface area contributed by atoms with Crippen molar-refractivity contribution in [3.63, 3.8) is 0 Å². The zero-order valence-electron chi connectivity index (χ0n) is 6.28. The third-order valence-electron chi connectivity index (χ3n) is 2.02. The van der Waals surface area contributed by atoms with Gasteiger partial charge in [-0.3, -0.25) is 4.79 Å². The Bertz CT molecular complexity index is 216. The van der Waals surface area contributed by atoms with Gasteiger partial charge < -0.3 is 10.2 Å². The topological polar surface area (TPSA) is 32.3 Å². The lowest BCUT2D eigenvalue weighted by atomic mass is 10.1. The molecule has 0 aromatic rings. The van der Waals surface area contributed by atoms with Crippen LogP contribution in [0, 0.1) is 0 Å². The molecule has 2 heterocycles. The molecule has 4 heteroatoms. The van der Waals surface area contributed by atoms with Crippen molar-refractivity contribution in [3.05, 3.63) is 12.3 Å². The van der Waals surface area contributed by atoms with Gasteiger partial charge in [-0.15, -0.1) is 11.8 Å². The van der Waals surface area contributed by atoms with Crippen LogP contribution in [-0.2, 0) is 4.79 Å². The molecular formula is C7H10N2OS. The molecule has 0 saturated carbocycles. The van der Waals surface area contributed by atoms with Crippen LogP contribution >= 0.6 is 11.8 Å². The van der Waals surface area contributed by atoms with Gasteiger partial charge in [0.05, 0.1) is 0 Å². The van der Waals surface area contributed by atoms with Crippen molar-refractivity contribution < 1.29 is 4.79 Å². The maximum absolute atomic E-state index is 11.2. The Hall–Kier alpha value is -0.480. The lowest BCUT2D eigenvalue weighted by molar-refractivity contribution is -0.141. The Morgan fingerprint density at radius 3 is 3.36 bits per heavy atom. The highest BCUT2D eigenvalue weighted by Gasteiger charge is 2.46. The summed E-state index contributed by atoms with van der Waals surface area (Å²) in [6.07, 6.45) is 3.91. The van der Waals surface area contributed by atoms with E-state index in [1.165, 1.54) is 0 Å². The van der Waals surface area contributed by atoms with Crippen LogP contribution in [0.15, 0.2) is 12.3 Å². The van der Waals surface area contributed by atoms with Crippen LogP contribution in [0.3, 0.4) is 0 Å². The summed E-state index contributed by atoms with van der Waals surface area (Å²) in [7, 11) is 1.83. The standard InChI is InChI=1S/C7H10N2OS/c1-8-5-6(10)9-3-2-4-11-7(5)9/h2-3,5,7-8H,4H2,1H3. The molecule has 3 nitrogen and oxygen atoms in total. The Morgan fingerprint density at radius 1 is 1.82 bits per heavy atom. The van der Waals surface area contributed by atoms with Gasteiger partial charge in [-0.25, -0.2) is 0 Å². The van der Waals surface area contributed by atoms with Gasteiger partial charge in [0.2, 0.25) is 5.91 Å². The molecule has 1 amide bonds. The normalized spacial score (nSPS) is 35.0. The summed E-state index contributed by atoms with van der Waals surface area (Å²) in [4.78, 5) is 13.0. The van der Waals surface area contributed by atoms with Crippen LogP contribution in [0.2, 0.25) is 0 Å². The van der Waals surface area contributed by atoms with Crippen molar-refractivity contribution >= 4 is 17.7 Å². The molecule has 0 spiro atoms. The summed E-state index contributed by atoms with van der Waals surface area (Å²) in [5.41, 5.74) is 0. The number of nitrogens with one attached hydrogen (secondary N) is 1. The molecule has 2 aliphatic heterocycles. The Labute approximate surface area is 69.8 Å². The van der Waals surface area contributed by atoms with E-state index < -0.39 is 0 Å². The zero-order valence-corrected chi connectivity index (χ0v) is 7.10. The van der Waals surface area contributed by atoms with Gasteiger partial charge in [0.15, 0.2) is 0 Å². The second-order valence-corrected chi connectivity index (χ2v) is 3.77. The lowest BCUT2D eigenvalue weighted by Gasteiger charge is -2.46. The van der Waals surface area contributed by atoms with E-state index in [4.69, 9.17) is 0 Å². The number of fused-ring (bicyclic) bond motifs is 1. The highest BCUT2D eigenvalue weighted by atomic mass is 32.2. The number of nitrogens with zero attached hydrogens (tertiary/aromatic N) is 1. The molecule has 1 saturated heterocycles. The summed E-state index contributed by atoms with van der Waals surface area (Å²) in [5.74, 6) is 1.22. The summed E-state index contributed by atoms with van der Waals surface area (Å²) < 4.78 is 0. The van der Waals surface area contributed by atoms with Crippen molar-refractivity contribution in [2.75, 3.05) is 12.8 Å². The Morgan fingerprint density at radius 2 is 2.64 bits per heavy atom. The molecule has 0 aliphatic carbocycles. The Kier molecular flexibility index (Phi) is 1.65. The number of amides is 1. The van der Waals surface area contributed by atoms with E-state index in [1.54, 1.807) is 16.7 Å². The van der Waals surface area contributed by atoms with Crippen molar-refractivity contribution in [2.24, 2.45) is 0 Å². The van der Waals surface area contributed by atoms with E-state index >= 15 is 0 Å². The number of likely N-dealkylation sites (N-methyl/N-ethyl adjacent to an activating group) is 1. The van der Waals surface area contributed by atoms with Gasteiger partial charge in [-0.05, 0) is 7.05 Å². The zero-order chi connectivity index (χ0) is 7.84. The van der Waals surface area contributed by atoms with Gasteiger partial charge in [0, 0.05) is 12.0 Å². The molecule has 11 heavy (non-hydrogen) atoms. The van der Waals surface area contributed by atoms with E-state index in [0.717, 1.165) is 5.75 Å². The van der Waals surface area contributed by atoms with Gasteiger partial charge in [-0.2, -0.15) is 0 Å². The van der Waals surface area contributed by atoms with Crippen LogP contribution in [0.25, 0.3) is 0 Å². The molecule has 2 unspecified atom stereocenters. The maximum atomic E-state index is 11.2. The van der Waals surface area contributed by atoms with Crippen LogP contribution in [0.1, 0.15) is 0 Å². The summed E-state index contributed by atoms with van der Waals surface area (Å²) in [5, 5.41) is 3.35. The molecule has 0 radical (unpaired) electrons. The Balaban J connectivity index is 2.12. The minimum atomic E-state index is 0.0462. The average Bonchev–Trinajstić information content (AvgIpc) is 2.05. The fraction of sp³-hybridized carbons (Fsp3) is 0.571. The SMILES string of the molecule is CNC1C(=O)N2C=CCSC12. The second kappa shape index (κ2) is 2.53. The molecule has 2 atom stereocenters. The molecule has 2 rings (SSSR count). The number of carbonyl (C=O) groups excluding carboxylic acids is 1. The van der Waals surface area contributed by atoms with E-state index in [-0.39, 0.29) is 11.9 Å². The second-order valence-electron chi connectivity index (χ2n) is 2.62. The first-order valence-electron chi connectivity index (χ1n) is 3.62. The molecule has 0 aromatic carbocycles. The van der Waals surface area contributed by atoms with Crippen molar-refractivity contribution in [3.8, 4) is 0 Å². The number of hydrogen-bond acceptors (Lipinski definition) is 3. The fourth-order valence-corrected chi connectivity index (χ4v) is 2.57. The molecule has 0 aromatic heterocycles. The minimum absolute atomic E-state index is 0.0462. The quantitative estimate of drug-likeness (QED) is 0.562. The monoisotopic (exact) mass is 170 g/mol. The molecule has 2 aliphatic rings. The summed E-state index contributed by atoms with van der Waals surface area (Å²) >= 11 is 1.81. The number of β-lactam (4-membered cyclic amide) rings is 1. The summed E-state index contributed by atoms with van der Waals surface area (Å²) in [6, 6.07) is 0.0462. The average molecular weight is 170 g/mol. The molecule has 0 bridgehead atoms. The van der Waals surface area contributed by atoms with Gasteiger partial charge in [-0.1, -0.05) is 6.08 Å².